The summed E-state index contributed by atoms with van der Waals surface area (Å²) in [5.74, 6) is -0.922. The average molecular weight is 479 g/mol. The maximum absolute atomic E-state index is 13.2. The quantitative estimate of drug-likeness (QED) is 0.580. The second-order valence-electron chi connectivity index (χ2n) is 8.33. The van der Waals surface area contributed by atoms with Gasteiger partial charge in [0.25, 0.3) is 0 Å². The largest absolute Gasteiger partial charge is 0.489 e. The van der Waals surface area contributed by atoms with E-state index >= 15 is 0 Å². The molecule has 1 amide bonds. The second kappa shape index (κ2) is 9.38. The number of carbonyl (C=O) groups is 1. The highest BCUT2D eigenvalue weighted by molar-refractivity contribution is 7.91. The highest BCUT2D eigenvalue weighted by Gasteiger charge is 2.69. The molecular weight excluding hydrogens is 452 g/mol. The van der Waals surface area contributed by atoms with E-state index in [0.717, 1.165) is 0 Å². The third-order valence-corrected chi connectivity index (χ3v) is 7.98. The number of amides is 1. The zero-order chi connectivity index (χ0) is 23.6. The van der Waals surface area contributed by atoms with E-state index in [1.165, 1.54) is 29.2 Å². The maximum Gasteiger partial charge on any atom is 0.403 e. The summed E-state index contributed by atoms with van der Waals surface area (Å²) in [7, 11) is -3.62. The van der Waals surface area contributed by atoms with Gasteiger partial charge in [-0.05, 0) is 55.9 Å². The van der Waals surface area contributed by atoms with Crippen LogP contribution in [0.3, 0.4) is 0 Å². The van der Waals surface area contributed by atoms with Crippen molar-refractivity contribution in [2.45, 2.75) is 36.8 Å². The van der Waals surface area contributed by atoms with Gasteiger partial charge in [-0.25, -0.2) is 12.8 Å². The van der Waals surface area contributed by atoms with E-state index in [1.807, 2.05) is 0 Å². The van der Waals surface area contributed by atoms with Gasteiger partial charge in [0.2, 0.25) is 5.91 Å². The van der Waals surface area contributed by atoms with E-state index < -0.39 is 27.3 Å². The van der Waals surface area contributed by atoms with Crippen LogP contribution in [0.5, 0.6) is 5.75 Å². The van der Waals surface area contributed by atoms with Gasteiger partial charge in [-0.3, -0.25) is 4.79 Å². The molecule has 6 nitrogen and oxygen atoms in total. The van der Waals surface area contributed by atoms with Crippen molar-refractivity contribution < 1.29 is 35.5 Å². The summed E-state index contributed by atoms with van der Waals surface area (Å²) < 4.78 is 82.9. The number of carbonyl (C=O) groups excluding carboxylic acids is 1. The minimum atomic E-state index is -4.55. The Morgan fingerprint density at radius 3 is 2.25 bits per heavy atom. The summed E-state index contributed by atoms with van der Waals surface area (Å²) in [6.45, 7) is 0.195. The van der Waals surface area contributed by atoms with Gasteiger partial charge in [-0.2, -0.15) is 13.2 Å². The van der Waals surface area contributed by atoms with Crippen LogP contribution < -0.4 is 10.5 Å². The zero-order valence-corrected chi connectivity index (χ0v) is 18.2. The molecule has 0 radical (unpaired) electrons. The molecule has 0 unspecified atom stereocenters. The second-order valence-corrected chi connectivity index (χ2v) is 10.4. The average Bonchev–Trinajstić information content (AvgIpc) is 3.57. The first-order valence-electron chi connectivity index (χ1n) is 10.3. The van der Waals surface area contributed by atoms with Crippen molar-refractivity contribution in [2.75, 3.05) is 32.0 Å². The molecule has 1 aromatic rings. The normalized spacial score (nSPS) is 19.7. The van der Waals surface area contributed by atoms with Gasteiger partial charge in [0.15, 0.2) is 9.84 Å². The number of rotatable bonds is 8. The number of nitrogens with zero attached hydrogens (tertiary/aromatic N) is 1. The Hall–Kier alpha value is -2.14. The Morgan fingerprint density at radius 1 is 1.19 bits per heavy atom. The Labute approximate surface area is 184 Å². The van der Waals surface area contributed by atoms with E-state index in [4.69, 9.17) is 10.5 Å². The van der Waals surface area contributed by atoms with Crippen LogP contribution >= 0.6 is 0 Å². The first kappa shape index (κ1) is 24.5. The summed E-state index contributed by atoms with van der Waals surface area (Å²) in [6, 6.07) is 5.72. The number of nitrogens with two attached hydrogens (primary N) is 1. The summed E-state index contributed by atoms with van der Waals surface area (Å²) >= 11 is 0. The highest BCUT2D eigenvalue weighted by Crippen LogP contribution is 2.58. The molecule has 1 saturated heterocycles. The topological polar surface area (TPSA) is 89.7 Å². The van der Waals surface area contributed by atoms with Crippen molar-refractivity contribution in [3.8, 4) is 5.75 Å². The smallest absolute Gasteiger partial charge is 0.403 e. The SMILES string of the molecule is NCC(=CF)COc1ccc(S(=O)(=O)CC2CCN(C(=O)C3(C(F)(F)F)CC3)CC2)cc1. The minimum absolute atomic E-state index is 0.00453. The molecule has 1 aliphatic heterocycles. The van der Waals surface area contributed by atoms with Crippen LogP contribution in [0, 0.1) is 11.3 Å². The van der Waals surface area contributed by atoms with Gasteiger partial charge in [0.1, 0.15) is 17.8 Å². The van der Waals surface area contributed by atoms with Gasteiger partial charge in [-0.15, -0.1) is 0 Å². The first-order chi connectivity index (χ1) is 15.0. The lowest BCUT2D eigenvalue weighted by molar-refractivity contribution is -0.199. The fraction of sp³-hybridized carbons (Fsp3) is 0.571. The van der Waals surface area contributed by atoms with Crippen molar-refractivity contribution in [1.29, 1.82) is 0 Å². The van der Waals surface area contributed by atoms with E-state index in [0.29, 0.717) is 24.9 Å². The molecule has 1 saturated carbocycles. The maximum atomic E-state index is 13.2. The molecule has 178 valence electrons. The van der Waals surface area contributed by atoms with Gasteiger partial charge >= 0.3 is 6.18 Å². The van der Waals surface area contributed by atoms with Crippen LogP contribution in [0.1, 0.15) is 25.7 Å². The molecule has 2 fully saturated rings. The Kier molecular flexibility index (Phi) is 7.18. The molecule has 1 heterocycles. The van der Waals surface area contributed by atoms with Crippen molar-refractivity contribution in [2.24, 2.45) is 17.1 Å². The number of likely N-dealkylation sites (tertiary alicyclic amines) is 1. The van der Waals surface area contributed by atoms with E-state index in [9.17, 15) is 30.8 Å². The molecule has 11 heteroatoms. The van der Waals surface area contributed by atoms with Crippen LogP contribution in [0.15, 0.2) is 41.1 Å². The highest BCUT2D eigenvalue weighted by atomic mass is 32.2. The fourth-order valence-electron chi connectivity index (χ4n) is 3.81. The van der Waals surface area contributed by atoms with Crippen molar-refractivity contribution in [3.05, 3.63) is 36.2 Å². The van der Waals surface area contributed by atoms with Crippen LogP contribution in [-0.2, 0) is 14.6 Å². The lowest BCUT2D eigenvalue weighted by Crippen LogP contribution is -2.47. The van der Waals surface area contributed by atoms with Gasteiger partial charge in [0.05, 0.1) is 17.0 Å². The van der Waals surface area contributed by atoms with Crippen LogP contribution in [-0.4, -0.2) is 57.4 Å². The summed E-state index contributed by atoms with van der Waals surface area (Å²) in [4.78, 5) is 13.7. The standard InChI is InChI=1S/C21H26F4N2O4S/c22-11-16(12-26)13-31-17-1-3-18(4-2-17)32(29,30)14-15-5-9-27(10-6-15)19(28)20(7-8-20)21(23,24)25/h1-4,11,15H,5-10,12-14,26H2. The third-order valence-electron chi connectivity index (χ3n) is 6.08. The van der Waals surface area contributed by atoms with Crippen LogP contribution in [0.2, 0.25) is 0 Å². The number of ether oxygens (including phenoxy) is 1. The molecule has 2 aliphatic rings. The Bertz CT molecular complexity index is 949. The van der Waals surface area contributed by atoms with Crippen LogP contribution in [0.4, 0.5) is 17.6 Å². The third kappa shape index (κ3) is 5.25. The summed E-state index contributed by atoms with van der Waals surface area (Å²) in [5, 5.41) is 0. The molecule has 0 aromatic heterocycles. The van der Waals surface area contributed by atoms with Crippen molar-refractivity contribution in [1.82, 2.24) is 4.90 Å². The number of hydrogen-bond acceptors (Lipinski definition) is 5. The minimum Gasteiger partial charge on any atom is -0.489 e. The molecule has 2 N–H and O–H groups in total. The molecule has 32 heavy (non-hydrogen) atoms. The van der Waals surface area contributed by atoms with Crippen molar-refractivity contribution in [3.63, 3.8) is 0 Å². The van der Waals surface area contributed by atoms with Crippen molar-refractivity contribution >= 4 is 15.7 Å². The monoisotopic (exact) mass is 478 g/mol. The number of piperidine rings is 1. The number of halogens is 4. The Morgan fingerprint density at radius 2 is 1.78 bits per heavy atom. The zero-order valence-electron chi connectivity index (χ0n) is 17.4. The van der Waals surface area contributed by atoms with E-state index in [-0.39, 0.29) is 61.2 Å². The Balaban J connectivity index is 1.54. The molecule has 0 atom stereocenters. The predicted molar refractivity (Wildman–Crippen MR) is 109 cm³/mol. The van der Waals surface area contributed by atoms with E-state index in [1.54, 1.807) is 0 Å². The summed E-state index contributed by atoms with van der Waals surface area (Å²) in [6.07, 6.45) is -3.88. The van der Waals surface area contributed by atoms with Gasteiger partial charge in [0, 0.05) is 25.2 Å². The van der Waals surface area contributed by atoms with Gasteiger partial charge < -0.3 is 15.4 Å². The molecular formula is C21H26F4N2O4S. The molecule has 1 aromatic carbocycles. The summed E-state index contributed by atoms with van der Waals surface area (Å²) in [5.41, 5.74) is 3.37. The predicted octanol–water partition coefficient (Wildman–Crippen LogP) is 3.23. The molecule has 0 spiro atoms. The number of hydrogen-bond donors (Lipinski definition) is 1. The lowest BCUT2D eigenvalue weighted by atomic mass is 9.96. The molecule has 3 rings (SSSR count). The molecule has 1 aliphatic carbocycles. The lowest BCUT2D eigenvalue weighted by Gasteiger charge is -2.34. The number of alkyl halides is 3. The van der Waals surface area contributed by atoms with Gasteiger partial charge in [-0.1, -0.05) is 0 Å². The number of benzene rings is 1. The number of sulfone groups is 1. The first-order valence-corrected chi connectivity index (χ1v) is 12.0. The van der Waals surface area contributed by atoms with E-state index in [2.05, 4.69) is 0 Å². The van der Waals surface area contributed by atoms with Crippen LogP contribution in [0.25, 0.3) is 0 Å². The fourth-order valence-corrected chi connectivity index (χ4v) is 5.51. The molecule has 0 bridgehead atoms.